The molecule has 0 amide bonds. The highest BCUT2D eigenvalue weighted by Gasteiger charge is 2.69. The molecule has 4 aliphatic carbocycles. The van der Waals surface area contributed by atoms with E-state index in [1.54, 1.807) is 0 Å². The Labute approximate surface area is 199 Å². The van der Waals surface area contributed by atoms with E-state index in [0.29, 0.717) is 29.2 Å². The van der Waals surface area contributed by atoms with Crippen LogP contribution in [0.3, 0.4) is 0 Å². The van der Waals surface area contributed by atoms with Gasteiger partial charge in [0.05, 0.1) is 13.0 Å². The van der Waals surface area contributed by atoms with E-state index in [4.69, 9.17) is 9.47 Å². The average molecular weight is 459 g/mol. The zero-order valence-electron chi connectivity index (χ0n) is 21.5. The van der Waals surface area contributed by atoms with Gasteiger partial charge >= 0.3 is 11.9 Å². The Balaban J connectivity index is 1.86. The molecule has 0 radical (unpaired) electrons. The molecule has 0 aromatic carbocycles. The van der Waals surface area contributed by atoms with Crippen LogP contribution in [-0.4, -0.2) is 31.4 Å². The molecule has 3 fully saturated rings. The SMILES string of the molecule is COC(=O)C1=CCC2C3(C)CCC4C(C)(C)CCCC4(C)C3CC(OC(C)=O)C2(C)C1C=O. The molecule has 0 N–H and O–H groups in total. The number of rotatable bonds is 3. The second-order valence-electron chi connectivity index (χ2n) is 12.8. The molecule has 8 atom stereocenters. The molecule has 5 nitrogen and oxygen atoms in total. The third-order valence-electron chi connectivity index (χ3n) is 11.0. The van der Waals surface area contributed by atoms with Crippen molar-refractivity contribution in [2.45, 2.75) is 92.6 Å². The fourth-order valence-electron chi connectivity index (χ4n) is 9.62. The summed E-state index contributed by atoms with van der Waals surface area (Å²) in [5.41, 5.74) is 0.289. The minimum Gasteiger partial charge on any atom is -0.466 e. The molecule has 3 saturated carbocycles. The molecule has 184 valence electrons. The molecule has 0 aliphatic heterocycles. The number of hydrogen-bond donors (Lipinski definition) is 0. The summed E-state index contributed by atoms with van der Waals surface area (Å²) in [6.07, 6.45) is 9.91. The van der Waals surface area contributed by atoms with Crippen LogP contribution in [0.25, 0.3) is 0 Å². The summed E-state index contributed by atoms with van der Waals surface area (Å²) in [6, 6.07) is 0. The van der Waals surface area contributed by atoms with Crippen LogP contribution in [-0.2, 0) is 23.9 Å². The molecule has 0 bridgehead atoms. The lowest BCUT2D eigenvalue weighted by Gasteiger charge is -2.70. The van der Waals surface area contributed by atoms with E-state index in [9.17, 15) is 14.4 Å². The molecule has 0 heterocycles. The summed E-state index contributed by atoms with van der Waals surface area (Å²) in [6.45, 7) is 13.3. The van der Waals surface area contributed by atoms with Gasteiger partial charge in [0.1, 0.15) is 12.4 Å². The fraction of sp³-hybridized carbons (Fsp3) is 0.821. The molecule has 0 spiro atoms. The van der Waals surface area contributed by atoms with Gasteiger partial charge in [0.2, 0.25) is 0 Å². The topological polar surface area (TPSA) is 69.7 Å². The van der Waals surface area contributed by atoms with Crippen LogP contribution < -0.4 is 0 Å². The van der Waals surface area contributed by atoms with Crippen molar-refractivity contribution >= 4 is 18.2 Å². The Morgan fingerprint density at radius 1 is 1.00 bits per heavy atom. The number of hydrogen-bond acceptors (Lipinski definition) is 5. The minimum atomic E-state index is -0.640. The van der Waals surface area contributed by atoms with Gasteiger partial charge < -0.3 is 14.3 Å². The number of allylic oxidation sites excluding steroid dienone is 1. The van der Waals surface area contributed by atoms with Crippen molar-refractivity contribution in [1.29, 1.82) is 0 Å². The van der Waals surface area contributed by atoms with Crippen LogP contribution in [0, 0.1) is 45.3 Å². The number of carbonyl (C=O) groups is 3. The van der Waals surface area contributed by atoms with Crippen molar-refractivity contribution in [3.63, 3.8) is 0 Å². The zero-order valence-corrected chi connectivity index (χ0v) is 21.5. The van der Waals surface area contributed by atoms with Crippen LogP contribution in [0.15, 0.2) is 11.6 Å². The number of fused-ring (bicyclic) bond motifs is 5. The summed E-state index contributed by atoms with van der Waals surface area (Å²) in [4.78, 5) is 37.4. The van der Waals surface area contributed by atoms with Gasteiger partial charge in [0.25, 0.3) is 0 Å². The van der Waals surface area contributed by atoms with Crippen molar-refractivity contribution in [3.8, 4) is 0 Å². The maximum Gasteiger partial charge on any atom is 0.334 e. The van der Waals surface area contributed by atoms with Gasteiger partial charge in [-0.2, -0.15) is 0 Å². The largest absolute Gasteiger partial charge is 0.466 e. The number of esters is 2. The fourth-order valence-corrected chi connectivity index (χ4v) is 9.62. The van der Waals surface area contributed by atoms with Crippen molar-refractivity contribution in [3.05, 3.63) is 11.6 Å². The predicted molar refractivity (Wildman–Crippen MR) is 126 cm³/mol. The van der Waals surface area contributed by atoms with E-state index in [1.807, 2.05) is 6.08 Å². The second kappa shape index (κ2) is 7.95. The van der Waals surface area contributed by atoms with Crippen LogP contribution in [0.1, 0.15) is 86.5 Å². The van der Waals surface area contributed by atoms with Gasteiger partial charge in [-0.1, -0.05) is 47.1 Å². The molecule has 4 rings (SSSR count). The first kappa shape index (κ1) is 24.5. The predicted octanol–water partition coefficient (Wildman–Crippen LogP) is 5.51. The first-order valence-corrected chi connectivity index (χ1v) is 12.8. The molecule has 5 heteroatoms. The van der Waals surface area contributed by atoms with E-state index in [1.165, 1.54) is 39.7 Å². The first-order valence-electron chi connectivity index (χ1n) is 12.8. The second-order valence-corrected chi connectivity index (χ2v) is 12.8. The zero-order chi connectivity index (χ0) is 24.4. The van der Waals surface area contributed by atoms with E-state index >= 15 is 0 Å². The van der Waals surface area contributed by atoms with Crippen molar-refractivity contribution in [2.24, 2.45) is 45.3 Å². The van der Waals surface area contributed by atoms with Crippen LogP contribution in [0.4, 0.5) is 0 Å². The third kappa shape index (κ3) is 3.35. The lowest BCUT2D eigenvalue weighted by Crippen LogP contribution is -2.67. The average Bonchev–Trinajstić information content (AvgIpc) is 2.72. The Hall–Kier alpha value is -1.65. The van der Waals surface area contributed by atoms with Gasteiger partial charge in [-0.05, 0) is 72.5 Å². The van der Waals surface area contributed by atoms with Crippen molar-refractivity contribution in [2.75, 3.05) is 7.11 Å². The quantitative estimate of drug-likeness (QED) is 0.412. The lowest BCUT2D eigenvalue weighted by atomic mass is 9.34. The summed E-state index contributed by atoms with van der Waals surface area (Å²) < 4.78 is 11.1. The normalized spacial score (nSPS) is 46.0. The highest BCUT2D eigenvalue weighted by atomic mass is 16.5. The standard InChI is InChI=1S/C28H42O5/c1-17(30)33-23-15-22-26(4)13-8-12-25(2,3)20(26)11-14-27(22,5)21-10-9-18(24(31)32-7)19(16-29)28(21,23)6/h9,16,19-23H,8,10-15H2,1-7H3. The molecule has 4 aliphatic rings. The Morgan fingerprint density at radius 3 is 2.27 bits per heavy atom. The summed E-state index contributed by atoms with van der Waals surface area (Å²) >= 11 is 0. The first-order chi connectivity index (χ1) is 15.4. The van der Waals surface area contributed by atoms with Crippen LogP contribution in [0.2, 0.25) is 0 Å². The Kier molecular flexibility index (Phi) is 5.90. The van der Waals surface area contributed by atoms with Crippen molar-refractivity contribution < 1.29 is 23.9 Å². The maximum atomic E-state index is 12.6. The maximum absolute atomic E-state index is 12.6. The van der Waals surface area contributed by atoms with Gasteiger partial charge in [0.15, 0.2) is 0 Å². The van der Waals surface area contributed by atoms with E-state index in [-0.39, 0.29) is 22.7 Å². The Morgan fingerprint density at radius 2 is 1.67 bits per heavy atom. The van der Waals surface area contributed by atoms with E-state index < -0.39 is 23.4 Å². The highest BCUT2D eigenvalue weighted by Crippen LogP contribution is 2.73. The third-order valence-corrected chi connectivity index (χ3v) is 11.0. The number of carbonyl (C=O) groups excluding carboxylic acids is 3. The molecule has 8 unspecified atom stereocenters. The summed E-state index contributed by atoms with van der Waals surface area (Å²) in [5.74, 6) is -0.204. The number of ether oxygens (including phenoxy) is 2. The minimum absolute atomic E-state index is 0.0173. The van der Waals surface area contributed by atoms with Gasteiger partial charge in [-0.25, -0.2) is 4.79 Å². The smallest absolute Gasteiger partial charge is 0.334 e. The monoisotopic (exact) mass is 458 g/mol. The van der Waals surface area contributed by atoms with Crippen LogP contribution in [0.5, 0.6) is 0 Å². The molecule has 33 heavy (non-hydrogen) atoms. The van der Waals surface area contributed by atoms with Gasteiger partial charge in [-0.15, -0.1) is 0 Å². The highest BCUT2D eigenvalue weighted by molar-refractivity contribution is 5.93. The molecule has 0 aromatic rings. The van der Waals surface area contributed by atoms with E-state index in [0.717, 1.165) is 19.1 Å². The lowest BCUT2D eigenvalue weighted by molar-refractivity contribution is -0.238. The van der Waals surface area contributed by atoms with Gasteiger partial charge in [0, 0.05) is 17.9 Å². The number of aldehydes is 1. The van der Waals surface area contributed by atoms with Gasteiger partial charge in [-0.3, -0.25) is 4.79 Å². The molecular weight excluding hydrogens is 416 g/mol. The summed E-state index contributed by atoms with van der Waals surface area (Å²) in [7, 11) is 1.36. The van der Waals surface area contributed by atoms with E-state index in [2.05, 4.69) is 34.6 Å². The van der Waals surface area contributed by atoms with Crippen LogP contribution >= 0.6 is 0 Å². The molecular formula is C28H42O5. The summed E-state index contributed by atoms with van der Waals surface area (Å²) in [5, 5.41) is 0. The molecule has 0 saturated heterocycles. The number of methoxy groups -OCH3 is 1. The molecule has 0 aromatic heterocycles. The Bertz CT molecular complexity index is 874. The van der Waals surface area contributed by atoms with Crippen molar-refractivity contribution in [1.82, 2.24) is 0 Å².